The van der Waals surface area contributed by atoms with Crippen molar-refractivity contribution in [3.8, 4) is 0 Å². The maximum atomic E-state index is 12.3. The number of guanidine groups is 1. The molecule has 136 valence electrons. The molecular weight excluding hydrogens is 320 g/mol. The van der Waals surface area contributed by atoms with Gasteiger partial charge in [-0.05, 0) is 31.9 Å². The zero-order valence-electron chi connectivity index (χ0n) is 14.9. The lowest BCUT2D eigenvalue weighted by atomic mass is 10.1. The molecule has 0 atom stereocenters. The van der Waals surface area contributed by atoms with E-state index in [1.165, 1.54) is 4.90 Å². The molecule has 0 spiro atoms. The molecule has 0 aromatic heterocycles. The molecule has 7 heteroatoms. The van der Waals surface area contributed by atoms with Gasteiger partial charge in [0.25, 0.3) is 11.8 Å². The summed E-state index contributed by atoms with van der Waals surface area (Å²) in [7, 11) is 1.66. The molecule has 2 rings (SSSR count). The van der Waals surface area contributed by atoms with Crippen molar-refractivity contribution in [1.82, 2.24) is 15.5 Å². The highest BCUT2D eigenvalue weighted by atomic mass is 16.5. The number of hydrogen-bond donors (Lipinski definition) is 2. The number of amides is 2. The van der Waals surface area contributed by atoms with Gasteiger partial charge in [-0.2, -0.15) is 0 Å². The SMILES string of the molecule is CCNC(=NCCCCN1C(=O)c2ccccc2C1=O)NCCOC. The average molecular weight is 346 g/mol. The Kier molecular flexibility index (Phi) is 7.40. The van der Waals surface area contributed by atoms with Crippen LogP contribution in [0.5, 0.6) is 0 Å². The van der Waals surface area contributed by atoms with Gasteiger partial charge in [-0.25, -0.2) is 0 Å². The van der Waals surface area contributed by atoms with Crippen LogP contribution in [0.2, 0.25) is 0 Å². The van der Waals surface area contributed by atoms with Gasteiger partial charge in [0.05, 0.1) is 17.7 Å². The second-order valence-corrected chi connectivity index (χ2v) is 5.69. The third kappa shape index (κ3) is 5.03. The monoisotopic (exact) mass is 346 g/mol. The van der Waals surface area contributed by atoms with E-state index >= 15 is 0 Å². The molecule has 2 amide bonds. The van der Waals surface area contributed by atoms with Gasteiger partial charge >= 0.3 is 0 Å². The minimum absolute atomic E-state index is 0.196. The van der Waals surface area contributed by atoms with E-state index in [2.05, 4.69) is 15.6 Å². The van der Waals surface area contributed by atoms with Crippen LogP contribution in [-0.2, 0) is 4.74 Å². The molecule has 0 saturated heterocycles. The van der Waals surface area contributed by atoms with Crippen molar-refractivity contribution in [3.63, 3.8) is 0 Å². The highest BCUT2D eigenvalue weighted by molar-refractivity contribution is 6.21. The second kappa shape index (κ2) is 9.78. The molecule has 25 heavy (non-hydrogen) atoms. The van der Waals surface area contributed by atoms with Crippen LogP contribution in [0.15, 0.2) is 29.3 Å². The molecule has 0 bridgehead atoms. The van der Waals surface area contributed by atoms with Crippen LogP contribution in [0, 0.1) is 0 Å². The summed E-state index contributed by atoms with van der Waals surface area (Å²) < 4.78 is 5.00. The molecule has 1 aromatic rings. The highest BCUT2D eigenvalue weighted by Crippen LogP contribution is 2.22. The predicted octanol–water partition coefficient (Wildman–Crippen LogP) is 1.26. The average Bonchev–Trinajstić information content (AvgIpc) is 2.86. The fourth-order valence-corrected chi connectivity index (χ4v) is 2.63. The van der Waals surface area contributed by atoms with Crippen molar-refractivity contribution >= 4 is 17.8 Å². The van der Waals surface area contributed by atoms with E-state index in [9.17, 15) is 9.59 Å². The minimum atomic E-state index is -0.196. The number of nitrogens with one attached hydrogen (secondary N) is 2. The number of carbonyl (C=O) groups excluding carboxylic acids is 2. The minimum Gasteiger partial charge on any atom is -0.383 e. The zero-order chi connectivity index (χ0) is 18.1. The van der Waals surface area contributed by atoms with Crippen molar-refractivity contribution in [2.75, 3.05) is 39.9 Å². The van der Waals surface area contributed by atoms with Crippen LogP contribution in [0.4, 0.5) is 0 Å². The molecule has 1 aliphatic heterocycles. The van der Waals surface area contributed by atoms with E-state index in [-0.39, 0.29) is 11.8 Å². The Balaban J connectivity index is 1.76. The lowest BCUT2D eigenvalue weighted by Crippen LogP contribution is -2.39. The van der Waals surface area contributed by atoms with Crippen LogP contribution in [-0.4, -0.2) is 62.6 Å². The standard InChI is InChI=1S/C18H26N4O3/c1-3-19-18(21-11-13-25-2)20-10-6-7-12-22-16(23)14-8-4-5-9-15(14)17(22)24/h4-5,8-9H,3,6-7,10-13H2,1-2H3,(H2,19,20,21). The summed E-state index contributed by atoms with van der Waals surface area (Å²) in [5, 5.41) is 6.34. The molecule has 2 N–H and O–H groups in total. The second-order valence-electron chi connectivity index (χ2n) is 5.69. The number of carbonyl (C=O) groups is 2. The molecular formula is C18H26N4O3. The molecule has 0 aliphatic carbocycles. The van der Waals surface area contributed by atoms with E-state index in [0.717, 1.165) is 25.3 Å². The highest BCUT2D eigenvalue weighted by Gasteiger charge is 2.34. The third-order valence-electron chi connectivity index (χ3n) is 3.88. The number of ether oxygens (including phenoxy) is 1. The molecule has 0 radical (unpaired) electrons. The molecule has 1 aliphatic rings. The number of benzene rings is 1. The first kappa shape index (κ1) is 18.9. The quantitative estimate of drug-likeness (QED) is 0.304. The summed E-state index contributed by atoms with van der Waals surface area (Å²) in [5.41, 5.74) is 1.00. The number of fused-ring (bicyclic) bond motifs is 1. The van der Waals surface area contributed by atoms with E-state index in [1.807, 2.05) is 6.92 Å². The first-order valence-corrected chi connectivity index (χ1v) is 8.65. The first-order chi connectivity index (χ1) is 12.2. The Hall–Kier alpha value is -2.41. The molecule has 0 unspecified atom stereocenters. The van der Waals surface area contributed by atoms with Gasteiger partial charge in [-0.15, -0.1) is 0 Å². The van der Waals surface area contributed by atoms with Gasteiger partial charge in [0, 0.05) is 33.3 Å². The summed E-state index contributed by atoms with van der Waals surface area (Å²) in [5.74, 6) is 0.359. The maximum Gasteiger partial charge on any atom is 0.261 e. The number of nitrogens with zero attached hydrogens (tertiary/aromatic N) is 2. The summed E-state index contributed by atoms with van der Waals surface area (Å²) in [6.45, 7) is 5.16. The number of rotatable bonds is 9. The van der Waals surface area contributed by atoms with Crippen LogP contribution < -0.4 is 10.6 Å². The summed E-state index contributed by atoms with van der Waals surface area (Å²) in [6.07, 6.45) is 1.53. The van der Waals surface area contributed by atoms with E-state index < -0.39 is 0 Å². The Morgan fingerprint density at radius 3 is 2.40 bits per heavy atom. The van der Waals surface area contributed by atoms with Gasteiger partial charge < -0.3 is 15.4 Å². The molecule has 0 saturated carbocycles. The Morgan fingerprint density at radius 2 is 1.80 bits per heavy atom. The Bertz CT molecular complexity index is 596. The lowest BCUT2D eigenvalue weighted by Gasteiger charge is -2.13. The molecule has 1 heterocycles. The molecule has 7 nitrogen and oxygen atoms in total. The summed E-state index contributed by atoms with van der Waals surface area (Å²) in [4.78, 5) is 30.3. The van der Waals surface area contributed by atoms with Crippen LogP contribution in [0.3, 0.4) is 0 Å². The maximum absolute atomic E-state index is 12.3. The fraction of sp³-hybridized carbons (Fsp3) is 0.500. The number of unbranched alkanes of at least 4 members (excludes halogenated alkanes) is 1. The van der Waals surface area contributed by atoms with Crippen LogP contribution in [0.1, 0.15) is 40.5 Å². The van der Waals surface area contributed by atoms with Gasteiger partial charge in [0.15, 0.2) is 5.96 Å². The van der Waals surface area contributed by atoms with Crippen LogP contribution >= 0.6 is 0 Å². The Labute approximate surface area is 148 Å². The van der Waals surface area contributed by atoms with Gasteiger partial charge in [-0.1, -0.05) is 12.1 Å². The van der Waals surface area contributed by atoms with Crippen molar-refractivity contribution in [1.29, 1.82) is 0 Å². The topological polar surface area (TPSA) is 83.0 Å². The van der Waals surface area contributed by atoms with Crippen molar-refractivity contribution in [3.05, 3.63) is 35.4 Å². The van der Waals surface area contributed by atoms with Crippen molar-refractivity contribution in [2.45, 2.75) is 19.8 Å². The largest absolute Gasteiger partial charge is 0.383 e. The molecule has 1 aromatic carbocycles. The normalized spacial score (nSPS) is 14.0. The number of aliphatic imine (C=N–C) groups is 1. The lowest BCUT2D eigenvalue weighted by molar-refractivity contribution is 0.0652. The summed E-state index contributed by atoms with van der Waals surface area (Å²) in [6, 6.07) is 6.96. The number of imide groups is 1. The van der Waals surface area contributed by atoms with Gasteiger partial charge in [0.2, 0.25) is 0 Å². The van der Waals surface area contributed by atoms with Crippen molar-refractivity contribution in [2.24, 2.45) is 4.99 Å². The molecule has 0 fully saturated rings. The number of hydrogen-bond acceptors (Lipinski definition) is 4. The van der Waals surface area contributed by atoms with E-state index in [1.54, 1.807) is 31.4 Å². The van der Waals surface area contributed by atoms with E-state index in [0.29, 0.717) is 37.4 Å². The van der Waals surface area contributed by atoms with Gasteiger partial charge in [0.1, 0.15) is 0 Å². The van der Waals surface area contributed by atoms with Gasteiger partial charge in [-0.3, -0.25) is 19.5 Å². The smallest absolute Gasteiger partial charge is 0.261 e. The third-order valence-corrected chi connectivity index (χ3v) is 3.88. The predicted molar refractivity (Wildman–Crippen MR) is 96.9 cm³/mol. The zero-order valence-corrected chi connectivity index (χ0v) is 14.9. The summed E-state index contributed by atoms with van der Waals surface area (Å²) >= 11 is 0. The number of methoxy groups -OCH3 is 1. The first-order valence-electron chi connectivity index (χ1n) is 8.65. The van der Waals surface area contributed by atoms with Crippen molar-refractivity contribution < 1.29 is 14.3 Å². The van der Waals surface area contributed by atoms with E-state index in [4.69, 9.17) is 4.74 Å². The fourth-order valence-electron chi connectivity index (χ4n) is 2.63. The van der Waals surface area contributed by atoms with Crippen LogP contribution in [0.25, 0.3) is 0 Å². The Morgan fingerprint density at radius 1 is 1.12 bits per heavy atom.